The van der Waals surface area contributed by atoms with Gasteiger partial charge in [0.05, 0.1) is 10.7 Å². The van der Waals surface area contributed by atoms with Crippen molar-refractivity contribution in [3.8, 4) is 0 Å². The van der Waals surface area contributed by atoms with Crippen LogP contribution in [0.2, 0.25) is 5.02 Å². The van der Waals surface area contributed by atoms with Crippen LogP contribution >= 0.6 is 22.9 Å². The number of hydrogen-bond donors (Lipinski definition) is 1. The number of carbonyl (C=O) groups is 1. The van der Waals surface area contributed by atoms with Crippen molar-refractivity contribution in [1.29, 1.82) is 0 Å². The quantitative estimate of drug-likeness (QED) is 0.231. The molecule has 0 bridgehead atoms. The SMILES string of the molecule is CN(C)[C@@H]1CC=C(C(F)(F)F)C[C@H]1Nc1cc(F)c(S(=O)(=O)N(OC=O)c2nccs2)cc1Cl. The molecule has 0 radical (unpaired) electrons. The lowest BCUT2D eigenvalue weighted by atomic mass is 9.89. The summed E-state index contributed by atoms with van der Waals surface area (Å²) in [5.41, 5.74) is -0.806. The van der Waals surface area contributed by atoms with Gasteiger partial charge < -0.3 is 15.1 Å². The number of alkyl halides is 3. The molecule has 1 aromatic heterocycles. The number of nitrogens with one attached hydrogen (secondary N) is 1. The first kappa shape index (κ1) is 26.2. The minimum atomic E-state index is -4.77. The topological polar surface area (TPSA) is 91.8 Å². The normalized spacial score (nSPS) is 19.0. The van der Waals surface area contributed by atoms with Crippen molar-refractivity contribution in [1.82, 2.24) is 9.88 Å². The standard InChI is InChI=1S/C19H19ClF4N4O4S2/c1-27(2)16-4-3-11(19(22,23)24)7-15(16)26-14-9-13(21)17(8-12(14)20)34(30,31)28(32-10-29)18-25-5-6-33-18/h3,5-6,8-10,15-16,26H,4,7H2,1-2H3/t15-,16-/m1/s1. The van der Waals surface area contributed by atoms with E-state index in [1.807, 2.05) is 0 Å². The second-order valence-electron chi connectivity index (χ2n) is 7.46. The van der Waals surface area contributed by atoms with E-state index in [1.54, 1.807) is 19.0 Å². The molecule has 1 aliphatic rings. The molecule has 0 spiro atoms. The number of thiazole rings is 1. The van der Waals surface area contributed by atoms with E-state index in [0.29, 0.717) is 0 Å². The highest BCUT2D eigenvalue weighted by Gasteiger charge is 2.40. The van der Waals surface area contributed by atoms with Crippen molar-refractivity contribution in [2.75, 3.05) is 23.9 Å². The summed E-state index contributed by atoms with van der Waals surface area (Å²) in [7, 11) is -1.37. The van der Waals surface area contributed by atoms with Crippen LogP contribution in [-0.4, -0.2) is 57.1 Å². The molecule has 2 aromatic rings. The zero-order chi connectivity index (χ0) is 25.3. The summed E-state index contributed by atoms with van der Waals surface area (Å²) in [4.78, 5) is 19.9. The highest BCUT2D eigenvalue weighted by atomic mass is 35.5. The van der Waals surface area contributed by atoms with Crippen LogP contribution in [0.1, 0.15) is 12.8 Å². The zero-order valence-electron chi connectivity index (χ0n) is 17.7. The van der Waals surface area contributed by atoms with Gasteiger partial charge in [0.1, 0.15) is 10.7 Å². The molecule has 1 N–H and O–H groups in total. The van der Waals surface area contributed by atoms with Crippen LogP contribution in [0.25, 0.3) is 0 Å². The number of nitrogens with zero attached hydrogens (tertiary/aromatic N) is 3. The van der Waals surface area contributed by atoms with Gasteiger partial charge in [0, 0.05) is 29.2 Å². The number of hydrogen-bond acceptors (Lipinski definition) is 8. The number of benzene rings is 1. The number of anilines is 2. The molecule has 1 aromatic carbocycles. The van der Waals surface area contributed by atoms with E-state index >= 15 is 0 Å². The fourth-order valence-corrected chi connectivity index (χ4v) is 5.86. The Morgan fingerprint density at radius 1 is 1.32 bits per heavy atom. The van der Waals surface area contributed by atoms with Crippen molar-refractivity contribution in [2.45, 2.75) is 36.0 Å². The average molecular weight is 543 g/mol. The van der Waals surface area contributed by atoms with Crippen LogP contribution in [0.5, 0.6) is 0 Å². The van der Waals surface area contributed by atoms with Crippen LogP contribution < -0.4 is 9.79 Å². The summed E-state index contributed by atoms with van der Waals surface area (Å²) in [6, 6.07) is 0.405. The molecule has 186 valence electrons. The van der Waals surface area contributed by atoms with Crippen LogP contribution in [0.3, 0.4) is 0 Å². The third-order valence-corrected chi connectivity index (χ3v) is 7.84. The molecule has 34 heavy (non-hydrogen) atoms. The summed E-state index contributed by atoms with van der Waals surface area (Å²) in [6.07, 6.45) is -2.43. The third kappa shape index (κ3) is 5.45. The fraction of sp³-hybridized carbons (Fsp3) is 0.368. The van der Waals surface area contributed by atoms with E-state index < -0.39 is 44.9 Å². The molecule has 0 fully saturated rings. The Morgan fingerprint density at radius 2 is 2.03 bits per heavy atom. The monoisotopic (exact) mass is 542 g/mol. The van der Waals surface area contributed by atoms with Gasteiger partial charge in [-0.2, -0.15) is 21.6 Å². The predicted octanol–water partition coefficient (Wildman–Crippen LogP) is 4.21. The van der Waals surface area contributed by atoms with Crippen LogP contribution in [-0.2, 0) is 19.7 Å². The van der Waals surface area contributed by atoms with Gasteiger partial charge in [-0.1, -0.05) is 22.1 Å². The number of carbonyl (C=O) groups excluding carboxylic acids is 1. The Labute approximate surface area is 201 Å². The average Bonchev–Trinajstić information content (AvgIpc) is 3.27. The maximum atomic E-state index is 15.0. The van der Waals surface area contributed by atoms with E-state index in [0.717, 1.165) is 29.5 Å². The van der Waals surface area contributed by atoms with Crippen LogP contribution in [0.15, 0.2) is 40.3 Å². The maximum absolute atomic E-state index is 15.0. The number of likely N-dealkylation sites (N-methyl/N-ethyl adjacent to an activating group) is 1. The van der Waals surface area contributed by atoms with Gasteiger partial charge in [0.25, 0.3) is 0 Å². The van der Waals surface area contributed by atoms with E-state index in [-0.39, 0.29) is 39.2 Å². The summed E-state index contributed by atoms with van der Waals surface area (Å²) in [5, 5.41) is 3.72. The highest BCUT2D eigenvalue weighted by Crippen LogP contribution is 2.37. The Kier molecular flexibility index (Phi) is 7.75. The number of halogens is 5. The van der Waals surface area contributed by atoms with Gasteiger partial charge in [-0.05, 0) is 39.1 Å². The van der Waals surface area contributed by atoms with Crippen LogP contribution in [0, 0.1) is 5.82 Å². The molecule has 3 rings (SSSR count). The summed E-state index contributed by atoms with van der Waals surface area (Å²) in [5.74, 6) is -1.26. The minimum Gasteiger partial charge on any atom is -0.379 e. The summed E-state index contributed by atoms with van der Waals surface area (Å²) < 4.78 is 80.8. The minimum absolute atomic E-state index is 0.0875. The van der Waals surface area contributed by atoms with Crippen molar-refractivity contribution < 1.29 is 35.6 Å². The molecular weight excluding hydrogens is 524 g/mol. The molecule has 2 atom stereocenters. The lowest BCUT2D eigenvalue weighted by Crippen LogP contribution is -2.46. The highest BCUT2D eigenvalue weighted by molar-refractivity contribution is 7.92. The van der Waals surface area contributed by atoms with Crippen molar-refractivity contribution in [3.05, 3.63) is 46.2 Å². The lowest BCUT2D eigenvalue weighted by molar-refractivity contribution is -0.128. The second kappa shape index (κ2) is 10.1. The molecule has 0 amide bonds. The van der Waals surface area contributed by atoms with Gasteiger partial charge in [-0.25, -0.2) is 9.37 Å². The van der Waals surface area contributed by atoms with Gasteiger partial charge in [0.2, 0.25) is 5.13 Å². The largest absolute Gasteiger partial charge is 0.412 e. The van der Waals surface area contributed by atoms with Crippen LogP contribution in [0.4, 0.5) is 28.4 Å². The van der Waals surface area contributed by atoms with Gasteiger partial charge in [0.15, 0.2) is 0 Å². The molecule has 0 aliphatic heterocycles. The third-order valence-electron chi connectivity index (χ3n) is 5.11. The molecule has 0 saturated heterocycles. The predicted molar refractivity (Wildman–Crippen MR) is 119 cm³/mol. The lowest BCUT2D eigenvalue weighted by Gasteiger charge is -2.37. The molecule has 0 unspecified atom stereocenters. The van der Waals surface area contributed by atoms with Crippen molar-refractivity contribution in [2.24, 2.45) is 0 Å². The number of sulfonamides is 1. The summed E-state index contributed by atoms with van der Waals surface area (Å²) in [6.45, 7) is -0.162. The Hall–Kier alpha value is -2.42. The smallest absolute Gasteiger partial charge is 0.379 e. The molecular formula is C19H19ClF4N4O4S2. The Morgan fingerprint density at radius 3 is 2.59 bits per heavy atom. The maximum Gasteiger partial charge on any atom is 0.412 e. The Bertz CT molecular complexity index is 1170. The summed E-state index contributed by atoms with van der Waals surface area (Å²) >= 11 is 7.02. The van der Waals surface area contributed by atoms with Gasteiger partial charge in [-0.15, -0.1) is 11.3 Å². The first-order valence-electron chi connectivity index (χ1n) is 9.59. The first-order valence-corrected chi connectivity index (χ1v) is 12.3. The van der Waals surface area contributed by atoms with Crippen molar-refractivity contribution >= 4 is 50.3 Å². The number of rotatable bonds is 8. The molecule has 8 nitrogen and oxygen atoms in total. The van der Waals surface area contributed by atoms with Gasteiger partial charge in [-0.3, -0.25) is 4.79 Å². The Balaban J connectivity index is 1.95. The van der Waals surface area contributed by atoms with E-state index in [4.69, 9.17) is 11.6 Å². The number of aromatic nitrogens is 1. The van der Waals surface area contributed by atoms with E-state index in [2.05, 4.69) is 15.1 Å². The molecule has 1 heterocycles. The molecule has 1 aliphatic carbocycles. The zero-order valence-corrected chi connectivity index (χ0v) is 20.1. The fourth-order valence-electron chi connectivity index (χ4n) is 3.51. The van der Waals surface area contributed by atoms with E-state index in [9.17, 15) is 30.8 Å². The van der Waals surface area contributed by atoms with Gasteiger partial charge >= 0.3 is 22.7 Å². The molecule has 0 saturated carbocycles. The molecule has 15 heteroatoms. The van der Waals surface area contributed by atoms with E-state index in [1.165, 1.54) is 11.6 Å². The first-order chi connectivity index (χ1) is 15.9. The second-order valence-corrected chi connectivity index (χ2v) is 10.5. The van der Waals surface area contributed by atoms with Crippen molar-refractivity contribution in [3.63, 3.8) is 0 Å².